The molecule has 3 aromatic carbocycles. The zero-order chi connectivity index (χ0) is 22.4. The normalized spacial score (nSPS) is 10.9. The summed E-state index contributed by atoms with van der Waals surface area (Å²) < 4.78 is 38.8. The summed E-state index contributed by atoms with van der Waals surface area (Å²) in [6.07, 6.45) is 0.0940. The fourth-order valence-corrected chi connectivity index (χ4v) is 4.09. The van der Waals surface area contributed by atoms with Crippen LogP contribution < -0.4 is 19.5 Å². The number of hydrogen-bond donors (Lipinski definition) is 2. The number of anilines is 2. The Labute approximate surface area is 186 Å². The average Bonchev–Trinajstić information content (AvgIpc) is 2.75. The van der Waals surface area contributed by atoms with Crippen LogP contribution in [0.15, 0.2) is 71.6 Å². The first-order chi connectivity index (χ1) is 14.8. The number of sulfonamides is 1. The Kier molecular flexibility index (Phi) is 7.04. The van der Waals surface area contributed by atoms with Gasteiger partial charge in [-0.2, -0.15) is 0 Å². The zero-order valence-corrected chi connectivity index (χ0v) is 18.5. The summed E-state index contributed by atoms with van der Waals surface area (Å²) in [7, 11) is -1.06. The van der Waals surface area contributed by atoms with Crippen LogP contribution in [0.2, 0.25) is 5.02 Å². The molecule has 9 heteroatoms. The molecule has 0 bridgehead atoms. The number of carbonyl (C=O) groups is 1. The Morgan fingerprint density at radius 3 is 2.23 bits per heavy atom. The molecule has 0 aliphatic rings. The molecule has 0 atom stereocenters. The fraction of sp³-hybridized carbons (Fsp3) is 0.136. The lowest BCUT2D eigenvalue weighted by atomic mass is 10.1. The molecule has 1 amide bonds. The number of carbonyl (C=O) groups excluding carboxylic acids is 1. The first-order valence-electron chi connectivity index (χ1n) is 9.20. The minimum absolute atomic E-state index is 0.0407. The van der Waals surface area contributed by atoms with Crippen molar-refractivity contribution in [1.82, 2.24) is 0 Å². The maximum atomic E-state index is 12.9. The maximum absolute atomic E-state index is 12.9. The van der Waals surface area contributed by atoms with Gasteiger partial charge in [-0.25, -0.2) is 8.42 Å². The Morgan fingerprint density at radius 1 is 0.903 bits per heavy atom. The average molecular weight is 461 g/mol. The molecular weight excluding hydrogens is 440 g/mol. The van der Waals surface area contributed by atoms with Gasteiger partial charge in [-0.1, -0.05) is 35.9 Å². The summed E-state index contributed by atoms with van der Waals surface area (Å²) >= 11 is 5.87. The van der Waals surface area contributed by atoms with E-state index >= 15 is 0 Å². The smallest absolute Gasteiger partial charge is 0.262 e. The van der Waals surface area contributed by atoms with E-state index in [-0.39, 0.29) is 22.9 Å². The SMILES string of the molecule is COc1ccc(S(=O)(=O)Nc2ccccc2OC)cc1NC(=O)Cc1ccc(Cl)cc1. The standard InChI is InChI=1S/C22H21ClN2O5S/c1-29-20-6-4-3-5-18(20)25-31(27,28)17-11-12-21(30-2)19(14-17)24-22(26)13-15-7-9-16(23)10-8-15/h3-12,14,25H,13H2,1-2H3,(H,24,26). The lowest BCUT2D eigenvalue weighted by Gasteiger charge is -2.14. The van der Waals surface area contributed by atoms with Crippen LogP contribution in [0.1, 0.15) is 5.56 Å². The van der Waals surface area contributed by atoms with E-state index in [0.29, 0.717) is 22.2 Å². The highest BCUT2D eigenvalue weighted by molar-refractivity contribution is 7.92. The summed E-state index contributed by atoms with van der Waals surface area (Å²) in [5, 5.41) is 3.28. The number of halogens is 1. The molecular formula is C22H21ClN2O5S. The van der Waals surface area contributed by atoms with Crippen LogP contribution in [0, 0.1) is 0 Å². The summed E-state index contributed by atoms with van der Waals surface area (Å²) in [6, 6.07) is 17.8. The third kappa shape index (κ3) is 5.68. The fourth-order valence-electron chi connectivity index (χ4n) is 2.87. The molecule has 0 fully saturated rings. The van der Waals surface area contributed by atoms with Gasteiger partial charge < -0.3 is 14.8 Å². The summed E-state index contributed by atoms with van der Waals surface area (Å²) in [4.78, 5) is 12.4. The van der Waals surface area contributed by atoms with Gasteiger partial charge in [0.05, 0.1) is 36.9 Å². The molecule has 0 radical (unpaired) electrons. The molecule has 0 heterocycles. The molecule has 2 N–H and O–H groups in total. The molecule has 0 unspecified atom stereocenters. The largest absolute Gasteiger partial charge is 0.495 e. The van der Waals surface area contributed by atoms with Crippen molar-refractivity contribution < 1.29 is 22.7 Å². The second-order valence-electron chi connectivity index (χ2n) is 6.52. The number of ether oxygens (including phenoxy) is 2. The molecule has 31 heavy (non-hydrogen) atoms. The quantitative estimate of drug-likeness (QED) is 0.521. The number of amides is 1. The molecule has 0 spiro atoms. The predicted molar refractivity (Wildman–Crippen MR) is 121 cm³/mol. The van der Waals surface area contributed by atoms with Gasteiger partial charge in [0, 0.05) is 5.02 Å². The summed E-state index contributed by atoms with van der Waals surface area (Å²) in [6.45, 7) is 0. The number of methoxy groups -OCH3 is 2. The van der Waals surface area contributed by atoms with Crippen molar-refractivity contribution in [2.45, 2.75) is 11.3 Å². The maximum Gasteiger partial charge on any atom is 0.262 e. The van der Waals surface area contributed by atoms with Crippen molar-refractivity contribution in [2.24, 2.45) is 0 Å². The van der Waals surface area contributed by atoms with E-state index < -0.39 is 10.0 Å². The lowest BCUT2D eigenvalue weighted by molar-refractivity contribution is -0.115. The van der Waals surface area contributed by atoms with E-state index in [9.17, 15) is 13.2 Å². The second kappa shape index (κ2) is 9.72. The van der Waals surface area contributed by atoms with E-state index in [2.05, 4.69) is 10.0 Å². The Hall–Kier alpha value is -3.23. The monoisotopic (exact) mass is 460 g/mol. The van der Waals surface area contributed by atoms with Crippen LogP contribution in [-0.2, 0) is 21.2 Å². The molecule has 3 aromatic rings. The van der Waals surface area contributed by atoms with Gasteiger partial charge in [-0.05, 0) is 48.0 Å². The highest BCUT2D eigenvalue weighted by Gasteiger charge is 2.19. The van der Waals surface area contributed by atoms with Crippen LogP contribution in [-0.4, -0.2) is 28.5 Å². The van der Waals surface area contributed by atoms with Gasteiger partial charge in [0.15, 0.2) is 0 Å². The first-order valence-corrected chi connectivity index (χ1v) is 11.1. The van der Waals surface area contributed by atoms with Crippen LogP contribution in [0.25, 0.3) is 0 Å². The minimum atomic E-state index is -3.94. The molecule has 0 aliphatic heterocycles. The van der Waals surface area contributed by atoms with Crippen LogP contribution in [0.3, 0.4) is 0 Å². The summed E-state index contributed by atoms with van der Waals surface area (Å²) in [5.41, 5.74) is 1.31. The van der Waals surface area contributed by atoms with Crippen molar-refractivity contribution in [3.63, 3.8) is 0 Å². The Bertz CT molecular complexity index is 1180. The van der Waals surface area contributed by atoms with E-state index in [1.807, 2.05) is 0 Å². The third-order valence-electron chi connectivity index (χ3n) is 4.38. The van der Waals surface area contributed by atoms with E-state index in [4.69, 9.17) is 21.1 Å². The first kappa shape index (κ1) is 22.5. The number of rotatable bonds is 8. The second-order valence-corrected chi connectivity index (χ2v) is 8.64. The van der Waals surface area contributed by atoms with Crippen LogP contribution >= 0.6 is 11.6 Å². The highest BCUT2D eigenvalue weighted by Crippen LogP contribution is 2.30. The van der Waals surface area contributed by atoms with Gasteiger partial charge in [0.25, 0.3) is 10.0 Å². The molecule has 162 valence electrons. The van der Waals surface area contributed by atoms with E-state index in [1.165, 1.54) is 32.4 Å². The predicted octanol–water partition coefficient (Wildman–Crippen LogP) is 4.34. The van der Waals surface area contributed by atoms with Crippen molar-refractivity contribution in [3.05, 3.63) is 77.3 Å². The van der Waals surface area contributed by atoms with Gasteiger partial charge in [0.2, 0.25) is 5.91 Å². The number of hydrogen-bond acceptors (Lipinski definition) is 5. The number of para-hydroxylation sites is 2. The molecule has 0 aliphatic carbocycles. The van der Waals surface area contributed by atoms with Crippen molar-refractivity contribution in [1.29, 1.82) is 0 Å². The van der Waals surface area contributed by atoms with Crippen LogP contribution in [0.5, 0.6) is 11.5 Å². The molecule has 7 nitrogen and oxygen atoms in total. The highest BCUT2D eigenvalue weighted by atomic mass is 35.5. The Balaban J connectivity index is 1.83. The van der Waals surface area contributed by atoms with Gasteiger partial charge in [-0.15, -0.1) is 0 Å². The van der Waals surface area contributed by atoms with Crippen molar-refractivity contribution in [2.75, 3.05) is 24.3 Å². The number of benzene rings is 3. The molecule has 3 rings (SSSR count). The summed E-state index contributed by atoms with van der Waals surface area (Å²) in [5.74, 6) is 0.393. The lowest BCUT2D eigenvalue weighted by Crippen LogP contribution is -2.17. The molecule has 0 saturated heterocycles. The Morgan fingerprint density at radius 2 is 1.55 bits per heavy atom. The van der Waals surface area contributed by atoms with E-state index in [1.54, 1.807) is 48.5 Å². The number of nitrogens with one attached hydrogen (secondary N) is 2. The zero-order valence-electron chi connectivity index (χ0n) is 16.9. The van der Waals surface area contributed by atoms with Gasteiger partial charge in [0.1, 0.15) is 11.5 Å². The molecule has 0 aromatic heterocycles. The van der Waals surface area contributed by atoms with Crippen molar-refractivity contribution >= 4 is 38.9 Å². The van der Waals surface area contributed by atoms with E-state index in [0.717, 1.165) is 5.56 Å². The minimum Gasteiger partial charge on any atom is -0.495 e. The topological polar surface area (TPSA) is 93.7 Å². The third-order valence-corrected chi connectivity index (χ3v) is 6.00. The van der Waals surface area contributed by atoms with Gasteiger partial charge in [-0.3, -0.25) is 9.52 Å². The molecule has 0 saturated carbocycles. The van der Waals surface area contributed by atoms with Crippen molar-refractivity contribution in [3.8, 4) is 11.5 Å². The van der Waals surface area contributed by atoms with Crippen LogP contribution in [0.4, 0.5) is 11.4 Å². The van der Waals surface area contributed by atoms with Gasteiger partial charge >= 0.3 is 0 Å².